The van der Waals surface area contributed by atoms with Crippen LogP contribution in [0.15, 0.2) is 241 Å². The van der Waals surface area contributed by atoms with E-state index >= 15 is 0 Å². The van der Waals surface area contributed by atoms with Crippen LogP contribution in [0, 0.1) is 0 Å². The summed E-state index contributed by atoms with van der Waals surface area (Å²) in [5, 5.41) is 2.35. The molecule has 0 aliphatic heterocycles. The predicted molar refractivity (Wildman–Crippen MR) is 299 cm³/mol. The second kappa shape index (κ2) is 13.7. The number of rotatable bonds is 3. The Morgan fingerprint density at radius 3 is 1.30 bits per heavy atom. The van der Waals surface area contributed by atoms with E-state index in [2.05, 4.69) is 255 Å². The highest BCUT2D eigenvalue weighted by molar-refractivity contribution is 6.16. The Morgan fingerprint density at radius 2 is 0.685 bits per heavy atom. The van der Waals surface area contributed by atoms with Crippen LogP contribution in [0.5, 0.6) is 0 Å². The van der Waals surface area contributed by atoms with E-state index in [-0.39, 0.29) is 5.41 Å². The molecule has 2 spiro atoms. The maximum atomic E-state index is 6.57. The van der Waals surface area contributed by atoms with E-state index < -0.39 is 10.8 Å². The van der Waals surface area contributed by atoms with Crippen LogP contribution in [0.2, 0.25) is 0 Å². The molecule has 1 unspecified atom stereocenters. The van der Waals surface area contributed by atoms with Crippen LogP contribution in [-0.4, -0.2) is 0 Å². The van der Waals surface area contributed by atoms with E-state index in [9.17, 15) is 0 Å². The van der Waals surface area contributed by atoms with Crippen LogP contribution >= 0.6 is 0 Å². The molecule has 0 radical (unpaired) electrons. The number of nitrogens with zero attached hydrogens (tertiary/aromatic N) is 1. The summed E-state index contributed by atoms with van der Waals surface area (Å²) in [5.41, 5.74) is 30.4. The molecule has 1 heterocycles. The third-order valence-electron chi connectivity index (χ3n) is 17.9. The smallest absolute Gasteiger partial charge is 0.136 e. The lowest BCUT2D eigenvalue weighted by molar-refractivity contribution is 0.660. The standard InChI is InChI=1S/C71H45NO/c1-69(2)55-24-10-3-17-45(55)50-34-31-43(40-63(50)69)72(44-32-35-51-48-20-6-13-27-58(48)71(64(51)41-44)56-25-11-4-18-46(56)47-19-5-12-26-57(47)71)42-33-36-61-54(39-42)49-21-7-14-28-59(49)70(61)60-29-15-8-22-52(60)67-62(70)37-38-66-68(67)53-23-9-16-30-65(53)73-66/h3-41H,1-2H3. The molecule has 5 aliphatic rings. The number of hydrogen-bond acceptors (Lipinski definition) is 2. The van der Waals surface area contributed by atoms with Crippen LogP contribution in [-0.2, 0) is 16.2 Å². The molecule has 0 bridgehead atoms. The van der Waals surface area contributed by atoms with Gasteiger partial charge in [-0.15, -0.1) is 0 Å². The second-order valence-corrected chi connectivity index (χ2v) is 21.4. The van der Waals surface area contributed by atoms with E-state index in [1.165, 1.54) is 117 Å². The lowest BCUT2D eigenvalue weighted by Gasteiger charge is -2.33. The van der Waals surface area contributed by atoms with Gasteiger partial charge in [0.15, 0.2) is 0 Å². The number of furan rings is 1. The average molecular weight is 928 g/mol. The minimum absolute atomic E-state index is 0.174. The quantitative estimate of drug-likeness (QED) is 0.176. The SMILES string of the molecule is CC1(C)c2ccccc2-c2ccc(N(c3ccc4c(c3)-c3ccccc3C43c4ccccc4-c4c3ccc3oc5ccccc5c43)c3ccc4c(c3)C3(c5ccccc5-c5ccccc53)c3ccccc3-4)cc21. The van der Waals surface area contributed by atoms with E-state index in [1.807, 2.05) is 0 Å². The molecule has 1 aromatic heterocycles. The van der Waals surface area contributed by atoms with Crippen LogP contribution in [0.1, 0.15) is 69.5 Å². The van der Waals surface area contributed by atoms with Crippen molar-refractivity contribution in [2.45, 2.75) is 30.1 Å². The van der Waals surface area contributed by atoms with Crippen LogP contribution in [0.4, 0.5) is 17.1 Å². The first-order valence-corrected chi connectivity index (χ1v) is 25.7. The Bertz CT molecular complexity index is 4390. The van der Waals surface area contributed by atoms with Crippen molar-refractivity contribution in [1.29, 1.82) is 0 Å². The minimum atomic E-state index is -0.522. The molecule has 11 aromatic carbocycles. The van der Waals surface area contributed by atoms with Crippen LogP contribution < -0.4 is 4.90 Å². The first kappa shape index (κ1) is 39.7. The molecule has 0 amide bonds. The second-order valence-electron chi connectivity index (χ2n) is 21.4. The lowest BCUT2D eigenvalue weighted by atomic mass is 9.70. The monoisotopic (exact) mass is 927 g/mol. The summed E-state index contributed by atoms with van der Waals surface area (Å²) in [6.45, 7) is 4.78. The van der Waals surface area contributed by atoms with Gasteiger partial charge in [-0.2, -0.15) is 0 Å². The summed E-state index contributed by atoms with van der Waals surface area (Å²) in [5.74, 6) is 0. The van der Waals surface area contributed by atoms with E-state index in [0.717, 1.165) is 33.6 Å². The van der Waals surface area contributed by atoms with E-state index in [4.69, 9.17) is 4.42 Å². The number of hydrogen-bond donors (Lipinski definition) is 0. The molecule has 0 N–H and O–H groups in total. The van der Waals surface area contributed by atoms with E-state index in [1.54, 1.807) is 0 Å². The Hall–Kier alpha value is -8.98. The van der Waals surface area contributed by atoms with Crippen molar-refractivity contribution < 1.29 is 4.42 Å². The number of para-hydroxylation sites is 1. The van der Waals surface area contributed by atoms with Gasteiger partial charge < -0.3 is 9.32 Å². The molecule has 0 fully saturated rings. The molecule has 340 valence electrons. The third-order valence-corrected chi connectivity index (χ3v) is 17.9. The van der Waals surface area contributed by atoms with Crippen molar-refractivity contribution in [3.8, 4) is 55.6 Å². The number of benzene rings is 11. The fourth-order valence-electron chi connectivity index (χ4n) is 15.1. The minimum Gasteiger partial charge on any atom is -0.456 e. The molecule has 73 heavy (non-hydrogen) atoms. The summed E-state index contributed by atoms with van der Waals surface area (Å²) in [4.78, 5) is 2.55. The fourth-order valence-corrected chi connectivity index (χ4v) is 15.1. The molecule has 2 nitrogen and oxygen atoms in total. The van der Waals surface area contributed by atoms with Gasteiger partial charge in [0.2, 0.25) is 0 Å². The van der Waals surface area contributed by atoms with Crippen molar-refractivity contribution in [2.75, 3.05) is 4.90 Å². The van der Waals surface area contributed by atoms with E-state index in [0.29, 0.717) is 0 Å². The highest BCUT2D eigenvalue weighted by Gasteiger charge is 2.54. The van der Waals surface area contributed by atoms with Crippen LogP contribution in [0.3, 0.4) is 0 Å². The topological polar surface area (TPSA) is 16.4 Å². The first-order chi connectivity index (χ1) is 36.0. The van der Waals surface area contributed by atoms with Gasteiger partial charge in [0.05, 0.1) is 10.8 Å². The maximum absolute atomic E-state index is 6.57. The normalized spacial score (nSPS) is 16.6. The summed E-state index contributed by atoms with van der Waals surface area (Å²) in [7, 11) is 0. The number of fused-ring (bicyclic) bond motifs is 27. The van der Waals surface area contributed by atoms with Gasteiger partial charge in [0, 0.05) is 33.2 Å². The van der Waals surface area contributed by atoms with Crippen LogP contribution in [0.25, 0.3) is 77.6 Å². The predicted octanol–water partition coefficient (Wildman–Crippen LogP) is 18.0. The Morgan fingerprint density at radius 1 is 0.288 bits per heavy atom. The number of anilines is 3. The molecule has 12 aromatic rings. The van der Waals surface area contributed by atoms with Crippen molar-refractivity contribution in [3.63, 3.8) is 0 Å². The Balaban J connectivity index is 0.930. The largest absolute Gasteiger partial charge is 0.456 e. The molecule has 0 saturated carbocycles. The molecule has 0 saturated heterocycles. The Kier molecular flexibility index (Phi) is 7.45. The van der Waals surface area contributed by atoms with Crippen molar-refractivity contribution in [2.24, 2.45) is 0 Å². The van der Waals surface area contributed by atoms with Gasteiger partial charge in [-0.3, -0.25) is 0 Å². The molecule has 2 heteroatoms. The maximum Gasteiger partial charge on any atom is 0.136 e. The van der Waals surface area contributed by atoms with Gasteiger partial charge in [0.25, 0.3) is 0 Å². The molecule has 17 rings (SSSR count). The summed E-state index contributed by atoms with van der Waals surface area (Å²) < 4.78 is 6.57. The molecule has 1 atom stereocenters. The molecule has 5 aliphatic carbocycles. The first-order valence-electron chi connectivity index (χ1n) is 25.7. The van der Waals surface area contributed by atoms with Gasteiger partial charge in [-0.25, -0.2) is 0 Å². The van der Waals surface area contributed by atoms with Gasteiger partial charge in [-0.05, 0) is 160 Å². The zero-order valence-electron chi connectivity index (χ0n) is 40.4. The zero-order chi connectivity index (χ0) is 48.0. The van der Waals surface area contributed by atoms with Gasteiger partial charge in [-0.1, -0.05) is 202 Å². The van der Waals surface area contributed by atoms with Crippen molar-refractivity contribution in [3.05, 3.63) is 292 Å². The Labute approximate surface area is 424 Å². The summed E-state index contributed by atoms with van der Waals surface area (Å²) in [6.07, 6.45) is 0. The molecular formula is C71H45NO. The average Bonchev–Trinajstić information content (AvgIpc) is 4.26. The highest BCUT2D eigenvalue weighted by atomic mass is 16.3. The van der Waals surface area contributed by atoms with Crippen molar-refractivity contribution in [1.82, 2.24) is 0 Å². The zero-order valence-corrected chi connectivity index (χ0v) is 40.4. The van der Waals surface area contributed by atoms with Gasteiger partial charge in [0.1, 0.15) is 11.2 Å². The van der Waals surface area contributed by atoms with Crippen molar-refractivity contribution >= 4 is 39.0 Å². The lowest BCUT2D eigenvalue weighted by Crippen LogP contribution is -2.26. The molecular weight excluding hydrogens is 883 g/mol. The van der Waals surface area contributed by atoms with Gasteiger partial charge >= 0.3 is 0 Å². The highest BCUT2D eigenvalue weighted by Crippen LogP contribution is 2.66. The fraction of sp³-hybridized carbons (Fsp3) is 0.0704. The summed E-state index contributed by atoms with van der Waals surface area (Å²) >= 11 is 0. The summed E-state index contributed by atoms with van der Waals surface area (Å²) in [6, 6.07) is 89.6. The third kappa shape index (κ3) is 4.68.